The van der Waals surface area contributed by atoms with Gasteiger partial charge in [0.25, 0.3) is 0 Å². The Morgan fingerprint density at radius 2 is 2.16 bits per heavy atom. The van der Waals surface area contributed by atoms with E-state index in [0.717, 1.165) is 5.56 Å². The second-order valence-corrected chi connectivity index (χ2v) is 6.12. The van der Waals surface area contributed by atoms with Crippen LogP contribution in [0.5, 0.6) is 0 Å². The molecular formula is C12H9Cl3N2OS. The number of nitrogens with zero attached hydrogens (tertiary/aromatic N) is 1. The number of amides is 1. The van der Waals surface area contributed by atoms with E-state index in [9.17, 15) is 4.79 Å². The molecule has 7 heteroatoms. The maximum absolute atomic E-state index is 11.4. The van der Waals surface area contributed by atoms with E-state index in [1.165, 1.54) is 11.3 Å². The first kappa shape index (κ1) is 14.6. The number of anilines is 1. The van der Waals surface area contributed by atoms with Crippen molar-refractivity contribution < 1.29 is 4.79 Å². The van der Waals surface area contributed by atoms with Gasteiger partial charge in [0.2, 0.25) is 5.91 Å². The van der Waals surface area contributed by atoms with Crippen LogP contribution in [0.25, 0.3) is 11.3 Å². The third kappa shape index (κ3) is 3.60. The highest BCUT2D eigenvalue weighted by Crippen LogP contribution is 2.32. The van der Waals surface area contributed by atoms with Crippen LogP contribution in [0, 0.1) is 0 Å². The van der Waals surface area contributed by atoms with Gasteiger partial charge in [-0.25, -0.2) is 4.98 Å². The van der Waals surface area contributed by atoms with E-state index in [4.69, 9.17) is 34.8 Å². The molecule has 0 saturated heterocycles. The minimum Gasteiger partial charge on any atom is -0.301 e. The molecule has 0 bridgehead atoms. The Morgan fingerprint density at radius 1 is 1.42 bits per heavy atom. The van der Waals surface area contributed by atoms with Crippen LogP contribution in [0.15, 0.2) is 23.6 Å². The first-order chi connectivity index (χ1) is 8.97. The first-order valence-corrected chi connectivity index (χ1v) is 7.40. The zero-order chi connectivity index (χ0) is 14.0. The van der Waals surface area contributed by atoms with Crippen molar-refractivity contribution in [3.8, 4) is 11.3 Å². The minimum atomic E-state index is -0.605. The summed E-state index contributed by atoms with van der Waals surface area (Å²) >= 11 is 18.9. The molecule has 2 aromatic rings. The lowest BCUT2D eigenvalue weighted by Gasteiger charge is -2.02. The molecule has 3 nitrogen and oxygen atoms in total. The van der Waals surface area contributed by atoms with Gasteiger partial charge in [-0.2, -0.15) is 0 Å². The summed E-state index contributed by atoms with van der Waals surface area (Å²) in [6.45, 7) is 1.60. The molecule has 0 aliphatic rings. The Labute approximate surface area is 129 Å². The van der Waals surface area contributed by atoms with Crippen LogP contribution in [0.1, 0.15) is 6.92 Å². The number of halogens is 3. The number of aromatic nitrogens is 1. The van der Waals surface area contributed by atoms with E-state index in [0.29, 0.717) is 20.9 Å². The van der Waals surface area contributed by atoms with Crippen LogP contribution in [-0.4, -0.2) is 16.3 Å². The molecule has 1 aromatic carbocycles. The van der Waals surface area contributed by atoms with E-state index >= 15 is 0 Å². The molecule has 0 radical (unpaired) electrons. The van der Waals surface area contributed by atoms with Crippen LogP contribution in [0.4, 0.5) is 5.13 Å². The number of alkyl halides is 1. The molecule has 1 atom stereocenters. The summed E-state index contributed by atoms with van der Waals surface area (Å²) in [4.78, 5) is 15.7. The van der Waals surface area contributed by atoms with Crippen molar-refractivity contribution in [3.63, 3.8) is 0 Å². The number of nitrogens with one attached hydrogen (secondary N) is 1. The van der Waals surface area contributed by atoms with Gasteiger partial charge in [0.05, 0.1) is 10.7 Å². The predicted molar refractivity (Wildman–Crippen MR) is 81.5 cm³/mol. The smallest absolute Gasteiger partial charge is 0.243 e. The second kappa shape index (κ2) is 6.09. The molecule has 0 unspecified atom stereocenters. The quantitative estimate of drug-likeness (QED) is 0.827. The number of benzene rings is 1. The lowest BCUT2D eigenvalue weighted by atomic mass is 10.2. The van der Waals surface area contributed by atoms with Gasteiger partial charge in [-0.05, 0) is 25.1 Å². The van der Waals surface area contributed by atoms with Gasteiger partial charge in [-0.1, -0.05) is 23.2 Å². The lowest BCUT2D eigenvalue weighted by Crippen LogP contribution is -2.20. The molecule has 0 spiro atoms. The van der Waals surface area contributed by atoms with E-state index in [2.05, 4.69) is 10.3 Å². The summed E-state index contributed by atoms with van der Waals surface area (Å²) in [5.74, 6) is -0.287. The maximum atomic E-state index is 11.4. The monoisotopic (exact) mass is 334 g/mol. The zero-order valence-electron chi connectivity index (χ0n) is 9.78. The number of rotatable bonds is 3. The Hall–Kier alpha value is -0.810. The summed E-state index contributed by atoms with van der Waals surface area (Å²) in [5.41, 5.74) is 1.45. The highest BCUT2D eigenvalue weighted by molar-refractivity contribution is 7.14. The summed E-state index contributed by atoms with van der Waals surface area (Å²) in [5, 5.41) is 5.40. The van der Waals surface area contributed by atoms with Crippen molar-refractivity contribution in [2.75, 3.05) is 5.32 Å². The highest BCUT2D eigenvalue weighted by Gasteiger charge is 2.13. The molecule has 100 valence electrons. The fourth-order valence-corrected chi connectivity index (χ4v) is 2.63. The summed E-state index contributed by atoms with van der Waals surface area (Å²) in [6, 6.07) is 5.17. The van der Waals surface area contributed by atoms with Crippen molar-refractivity contribution in [1.82, 2.24) is 4.98 Å². The number of carbonyl (C=O) groups is 1. The molecule has 0 aliphatic heterocycles. The second-order valence-electron chi connectivity index (χ2n) is 3.77. The first-order valence-electron chi connectivity index (χ1n) is 5.33. The summed E-state index contributed by atoms with van der Waals surface area (Å²) in [7, 11) is 0. The van der Waals surface area contributed by atoms with Gasteiger partial charge >= 0.3 is 0 Å². The SMILES string of the molecule is C[C@H](Cl)C(=O)Nc1nc(-c2ccc(Cl)cc2Cl)cs1. The van der Waals surface area contributed by atoms with E-state index in [1.54, 1.807) is 25.1 Å². The Bertz CT molecular complexity index is 613. The number of hydrogen-bond donors (Lipinski definition) is 1. The third-order valence-electron chi connectivity index (χ3n) is 2.30. The highest BCUT2D eigenvalue weighted by atomic mass is 35.5. The van der Waals surface area contributed by atoms with Gasteiger partial charge in [0, 0.05) is 16.0 Å². The molecule has 0 fully saturated rings. The summed E-state index contributed by atoms with van der Waals surface area (Å²) in [6.07, 6.45) is 0. The van der Waals surface area contributed by atoms with Crippen molar-refractivity contribution in [1.29, 1.82) is 0 Å². The molecule has 19 heavy (non-hydrogen) atoms. The zero-order valence-corrected chi connectivity index (χ0v) is 12.9. The van der Waals surface area contributed by atoms with E-state index in [-0.39, 0.29) is 5.91 Å². The van der Waals surface area contributed by atoms with Crippen LogP contribution < -0.4 is 5.32 Å². The van der Waals surface area contributed by atoms with Crippen molar-refractivity contribution >= 4 is 57.2 Å². The number of carbonyl (C=O) groups excluding carboxylic acids is 1. The molecule has 2 rings (SSSR count). The Morgan fingerprint density at radius 3 is 2.79 bits per heavy atom. The van der Waals surface area contributed by atoms with E-state index in [1.807, 2.05) is 5.38 Å². The largest absolute Gasteiger partial charge is 0.301 e. The fourth-order valence-electron chi connectivity index (χ4n) is 1.36. The van der Waals surface area contributed by atoms with Crippen LogP contribution in [0.3, 0.4) is 0 Å². The standard InChI is InChI=1S/C12H9Cl3N2OS/c1-6(13)11(18)17-12-16-10(5-19-12)8-3-2-7(14)4-9(8)15/h2-6H,1H3,(H,16,17,18)/t6-/m0/s1. The van der Waals surface area contributed by atoms with Gasteiger partial charge in [0.15, 0.2) is 5.13 Å². The molecule has 1 aromatic heterocycles. The minimum absolute atomic E-state index is 0.287. The van der Waals surface area contributed by atoms with Crippen molar-refractivity contribution in [2.45, 2.75) is 12.3 Å². The van der Waals surface area contributed by atoms with Crippen LogP contribution in [0.2, 0.25) is 10.0 Å². The van der Waals surface area contributed by atoms with Crippen LogP contribution in [-0.2, 0) is 4.79 Å². The molecular weight excluding hydrogens is 327 g/mol. The average molecular weight is 336 g/mol. The third-order valence-corrected chi connectivity index (χ3v) is 3.81. The number of hydrogen-bond acceptors (Lipinski definition) is 3. The van der Waals surface area contributed by atoms with Gasteiger partial charge in [-0.3, -0.25) is 4.79 Å². The average Bonchev–Trinajstić information content (AvgIpc) is 2.77. The van der Waals surface area contributed by atoms with Crippen LogP contribution >= 0.6 is 46.1 Å². The van der Waals surface area contributed by atoms with Gasteiger partial charge in [-0.15, -0.1) is 22.9 Å². The topological polar surface area (TPSA) is 42.0 Å². The fraction of sp³-hybridized carbons (Fsp3) is 0.167. The lowest BCUT2D eigenvalue weighted by molar-refractivity contribution is -0.115. The number of thiazole rings is 1. The van der Waals surface area contributed by atoms with Gasteiger partial charge < -0.3 is 5.32 Å². The molecule has 1 N–H and O–H groups in total. The predicted octanol–water partition coefficient (Wildman–Crippen LogP) is 4.68. The molecule has 1 heterocycles. The maximum Gasteiger partial charge on any atom is 0.243 e. The molecule has 0 saturated carbocycles. The summed E-state index contributed by atoms with van der Waals surface area (Å²) < 4.78 is 0. The van der Waals surface area contributed by atoms with Gasteiger partial charge in [0.1, 0.15) is 5.38 Å². The molecule has 0 aliphatic carbocycles. The Balaban J connectivity index is 2.23. The van der Waals surface area contributed by atoms with Crippen molar-refractivity contribution in [2.24, 2.45) is 0 Å². The molecule has 1 amide bonds. The van der Waals surface area contributed by atoms with Crippen molar-refractivity contribution in [3.05, 3.63) is 33.6 Å². The van der Waals surface area contributed by atoms with E-state index < -0.39 is 5.38 Å². The normalized spacial score (nSPS) is 12.2. The Kier molecular flexibility index (Phi) is 4.68.